The van der Waals surface area contributed by atoms with Crippen molar-refractivity contribution in [3.8, 4) is 5.75 Å². The quantitative estimate of drug-likeness (QED) is 0.843. The van der Waals surface area contributed by atoms with Crippen LogP contribution in [0.3, 0.4) is 0 Å². The van der Waals surface area contributed by atoms with Crippen LogP contribution in [0.25, 0.3) is 0 Å². The third-order valence-electron chi connectivity index (χ3n) is 1.81. The highest BCUT2D eigenvalue weighted by Gasteiger charge is 2.12. The van der Waals surface area contributed by atoms with E-state index in [0.717, 1.165) is 6.92 Å². The van der Waals surface area contributed by atoms with Gasteiger partial charge in [-0.3, -0.25) is 9.52 Å². The van der Waals surface area contributed by atoms with E-state index >= 15 is 0 Å². The third kappa shape index (κ3) is 3.90. The Morgan fingerprint density at radius 2 is 1.88 bits per heavy atom. The molecule has 1 rings (SSSR count). The summed E-state index contributed by atoms with van der Waals surface area (Å²) in [6.45, 7) is 1.16. The summed E-state index contributed by atoms with van der Waals surface area (Å²) in [6, 6.07) is 6.60. The molecule has 5 nitrogen and oxygen atoms in total. The van der Waals surface area contributed by atoms with Crippen molar-refractivity contribution in [1.82, 2.24) is 4.72 Å². The summed E-state index contributed by atoms with van der Waals surface area (Å²) < 4.78 is 29.6. The summed E-state index contributed by atoms with van der Waals surface area (Å²) in [5.74, 6) is -0.162. The van der Waals surface area contributed by atoms with Gasteiger partial charge < -0.3 is 4.74 Å². The number of benzene rings is 1. The second-order valence-corrected chi connectivity index (χ2v) is 4.99. The fourth-order valence-electron chi connectivity index (χ4n) is 1.20. The lowest BCUT2D eigenvalue weighted by molar-refractivity contribution is -0.117. The molecule has 0 spiro atoms. The molecule has 0 unspecified atom stereocenters. The first-order chi connectivity index (χ1) is 7.43. The number of ether oxygens (including phenoxy) is 1. The molecular formula is C10H13NO4S. The largest absolute Gasteiger partial charge is 0.497 e. The molecule has 16 heavy (non-hydrogen) atoms. The highest BCUT2D eigenvalue weighted by atomic mass is 32.2. The molecule has 88 valence electrons. The first-order valence-corrected chi connectivity index (χ1v) is 6.22. The molecule has 6 heteroatoms. The number of rotatable bonds is 4. The molecule has 0 heterocycles. The first-order valence-electron chi connectivity index (χ1n) is 4.57. The Hall–Kier alpha value is -1.56. The number of carbonyl (C=O) groups is 1. The summed E-state index contributed by atoms with van der Waals surface area (Å²) in [5.41, 5.74) is 0.592. The fraction of sp³-hybridized carbons (Fsp3) is 0.300. The van der Waals surface area contributed by atoms with Gasteiger partial charge in [-0.1, -0.05) is 12.1 Å². The van der Waals surface area contributed by atoms with E-state index < -0.39 is 15.9 Å². The van der Waals surface area contributed by atoms with Gasteiger partial charge in [-0.2, -0.15) is 0 Å². The molecule has 0 atom stereocenters. The van der Waals surface area contributed by atoms with E-state index in [2.05, 4.69) is 0 Å². The van der Waals surface area contributed by atoms with Gasteiger partial charge in [0.2, 0.25) is 15.9 Å². The van der Waals surface area contributed by atoms with Gasteiger partial charge in [0, 0.05) is 6.92 Å². The van der Waals surface area contributed by atoms with Crippen molar-refractivity contribution >= 4 is 15.9 Å². The maximum absolute atomic E-state index is 11.4. The molecule has 1 aromatic rings. The molecule has 1 aromatic carbocycles. The zero-order chi connectivity index (χ0) is 12.2. The molecule has 0 bridgehead atoms. The summed E-state index contributed by atoms with van der Waals surface area (Å²) in [5, 5.41) is 0. The van der Waals surface area contributed by atoms with Crippen molar-refractivity contribution < 1.29 is 17.9 Å². The summed E-state index contributed by atoms with van der Waals surface area (Å²) >= 11 is 0. The second-order valence-electron chi connectivity index (χ2n) is 3.27. The molecule has 0 aliphatic carbocycles. The highest BCUT2D eigenvalue weighted by Crippen LogP contribution is 2.12. The maximum Gasteiger partial charge on any atom is 0.239 e. The van der Waals surface area contributed by atoms with Crippen LogP contribution in [0.15, 0.2) is 24.3 Å². The molecule has 0 saturated carbocycles. The Morgan fingerprint density at radius 1 is 1.31 bits per heavy atom. The first kappa shape index (κ1) is 12.5. The minimum atomic E-state index is -3.59. The van der Waals surface area contributed by atoms with E-state index in [9.17, 15) is 13.2 Å². The van der Waals surface area contributed by atoms with E-state index in [1.807, 2.05) is 4.72 Å². The van der Waals surface area contributed by atoms with Crippen molar-refractivity contribution in [3.63, 3.8) is 0 Å². The predicted octanol–water partition coefficient (Wildman–Crippen LogP) is 0.661. The fourth-order valence-corrected chi connectivity index (χ4v) is 2.34. The summed E-state index contributed by atoms with van der Waals surface area (Å²) in [7, 11) is -2.06. The number of amides is 1. The SMILES string of the molecule is COc1ccc(CS(=O)(=O)NC(C)=O)cc1. The standard InChI is InChI=1S/C10H13NO4S/c1-8(12)11-16(13,14)7-9-3-5-10(15-2)6-4-9/h3-6H,7H2,1-2H3,(H,11,12). The van der Waals surface area contributed by atoms with Crippen molar-refractivity contribution in [3.05, 3.63) is 29.8 Å². The number of hydrogen-bond donors (Lipinski definition) is 1. The lowest BCUT2D eigenvalue weighted by atomic mass is 10.2. The van der Waals surface area contributed by atoms with Gasteiger partial charge in [-0.05, 0) is 17.7 Å². The molecule has 0 aromatic heterocycles. The van der Waals surface area contributed by atoms with Gasteiger partial charge in [0.1, 0.15) is 5.75 Å². The Labute approximate surface area is 94.5 Å². The Bertz CT molecular complexity index is 464. The minimum absolute atomic E-state index is 0.226. The van der Waals surface area contributed by atoms with Gasteiger partial charge in [-0.15, -0.1) is 0 Å². The van der Waals surface area contributed by atoms with Crippen LogP contribution in [0.1, 0.15) is 12.5 Å². The molecule has 1 amide bonds. The minimum Gasteiger partial charge on any atom is -0.497 e. The normalized spacial score (nSPS) is 10.9. The van der Waals surface area contributed by atoms with E-state index in [-0.39, 0.29) is 5.75 Å². The number of nitrogens with one attached hydrogen (secondary N) is 1. The monoisotopic (exact) mass is 243 g/mol. The summed E-state index contributed by atoms with van der Waals surface area (Å²) in [6.07, 6.45) is 0. The molecule has 0 saturated heterocycles. The Morgan fingerprint density at radius 3 is 2.31 bits per heavy atom. The lowest BCUT2D eigenvalue weighted by Gasteiger charge is -2.05. The van der Waals surface area contributed by atoms with E-state index in [4.69, 9.17) is 4.74 Å². The molecule has 1 N–H and O–H groups in total. The van der Waals surface area contributed by atoms with Crippen molar-refractivity contribution in [1.29, 1.82) is 0 Å². The summed E-state index contributed by atoms with van der Waals surface area (Å²) in [4.78, 5) is 10.6. The molecule has 0 fully saturated rings. The molecule has 0 aliphatic heterocycles. The number of sulfonamides is 1. The third-order valence-corrected chi connectivity index (χ3v) is 3.13. The van der Waals surface area contributed by atoms with Crippen molar-refractivity contribution in [2.75, 3.05) is 7.11 Å². The van der Waals surface area contributed by atoms with Crippen LogP contribution in [-0.2, 0) is 20.6 Å². The predicted molar refractivity (Wildman–Crippen MR) is 59.4 cm³/mol. The Kier molecular flexibility index (Phi) is 3.89. The van der Waals surface area contributed by atoms with Gasteiger partial charge >= 0.3 is 0 Å². The lowest BCUT2D eigenvalue weighted by Crippen LogP contribution is -2.29. The van der Waals surface area contributed by atoms with Gasteiger partial charge in [0.05, 0.1) is 12.9 Å². The Balaban J connectivity index is 2.76. The van der Waals surface area contributed by atoms with Crippen LogP contribution in [0, 0.1) is 0 Å². The molecule has 0 radical (unpaired) electrons. The van der Waals surface area contributed by atoms with Gasteiger partial charge in [0.25, 0.3) is 0 Å². The second kappa shape index (κ2) is 4.98. The highest BCUT2D eigenvalue weighted by molar-refractivity contribution is 7.89. The average Bonchev–Trinajstić information content (AvgIpc) is 2.16. The van der Waals surface area contributed by atoms with Crippen LogP contribution in [0.5, 0.6) is 5.75 Å². The number of methoxy groups -OCH3 is 1. The topological polar surface area (TPSA) is 72.5 Å². The van der Waals surface area contributed by atoms with Crippen molar-refractivity contribution in [2.24, 2.45) is 0 Å². The molecule has 0 aliphatic rings. The van der Waals surface area contributed by atoms with Crippen LogP contribution in [0.2, 0.25) is 0 Å². The zero-order valence-electron chi connectivity index (χ0n) is 9.06. The number of carbonyl (C=O) groups excluding carboxylic acids is 1. The van der Waals surface area contributed by atoms with E-state index in [0.29, 0.717) is 11.3 Å². The smallest absolute Gasteiger partial charge is 0.239 e. The maximum atomic E-state index is 11.4. The van der Waals surface area contributed by atoms with E-state index in [1.54, 1.807) is 24.3 Å². The van der Waals surface area contributed by atoms with Crippen LogP contribution >= 0.6 is 0 Å². The van der Waals surface area contributed by atoms with E-state index in [1.165, 1.54) is 7.11 Å². The van der Waals surface area contributed by atoms with Crippen LogP contribution in [-0.4, -0.2) is 21.4 Å². The number of hydrogen-bond acceptors (Lipinski definition) is 4. The van der Waals surface area contributed by atoms with Crippen molar-refractivity contribution in [2.45, 2.75) is 12.7 Å². The average molecular weight is 243 g/mol. The van der Waals surface area contributed by atoms with Gasteiger partial charge in [0.15, 0.2) is 0 Å². The van der Waals surface area contributed by atoms with Crippen LogP contribution in [0.4, 0.5) is 0 Å². The molecular weight excluding hydrogens is 230 g/mol. The van der Waals surface area contributed by atoms with Crippen LogP contribution < -0.4 is 9.46 Å². The van der Waals surface area contributed by atoms with Gasteiger partial charge in [-0.25, -0.2) is 8.42 Å². The zero-order valence-corrected chi connectivity index (χ0v) is 9.87.